The van der Waals surface area contributed by atoms with Crippen molar-refractivity contribution in [3.05, 3.63) is 35.9 Å². The molecule has 0 aromatic heterocycles. The molecule has 0 spiro atoms. The summed E-state index contributed by atoms with van der Waals surface area (Å²) in [6.07, 6.45) is 13.4. The summed E-state index contributed by atoms with van der Waals surface area (Å²) in [6.45, 7) is 2.27. The molecule has 1 atom stereocenters. The lowest BCUT2D eigenvalue weighted by Gasteiger charge is -2.10. The third kappa shape index (κ3) is 10.8. The Morgan fingerprint density at radius 3 is 1.86 bits per heavy atom. The van der Waals surface area contributed by atoms with Gasteiger partial charge in [-0.25, -0.2) is 0 Å². The van der Waals surface area contributed by atoms with Gasteiger partial charge in [0, 0.05) is 5.56 Å². The van der Waals surface area contributed by atoms with E-state index < -0.39 is 11.2 Å². The van der Waals surface area contributed by atoms with Gasteiger partial charge in [-0.15, -0.1) is 0 Å². The fourth-order valence-electron chi connectivity index (χ4n) is 2.58. The Labute approximate surface area is 134 Å². The van der Waals surface area contributed by atoms with Gasteiger partial charge in [-0.2, -0.15) is 0 Å². The molecule has 2 heteroatoms. The molecule has 0 saturated carbocycles. The summed E-state index contributed by atoms with van der Waals surface area (Å²) in [4.78, 5) is 0. The highest BCUT2D eigenvalue weighted by atomic mass is 32.2. The van der Waals surface area contributed by atoms with Crippen LogP contribution in [-0.2, 0) is 16.9 Å². The van der Waals surface area contributed by atoms with Gasteiger partial charge in [0.25, 0.3) is 0 Å². The molecule has 120 valence electrons. The molecule has 0 aliphatic heterocycles. The first-order valence-electron chi connectivity index (χ1n) is 8.72. The average molecular weight is 309 g/mol. The van der Waals surface area contributed by atoms with E-state index >= 15 is 0 Å². The van der Waals surface area contributed by atoms with E-state index in [-0.39, 0.29) is 0 Å². The van der Waals surface area contributed by atoms with E-state index in [1.807, 2.05) is 18.2 Å². The molecule has 21 heavy (non-hydrogen) atoms. The maximum atomic E-state index is 12.0. The zero-order valence-electron chi connectivity index (χ0n) is 13.7. The second-order valence-corrected chi connectivity index (χ2v) is 7.53. The van der Waals surface area contributed by atoms with Crippen LogP contribution in [0.15, 0.2) is 30.3 Å². The monoisotopic (exact) mass is 308 g/mol. The van der Waals surface area contributed by atoms with E-state index in [1.54, 1.807) is 0 Å². The van der Waals surface area contributed by atoms with Crippen molar-refractivity contribution in [2.24, 2.45) is 0 Å². The smallest absolute Gasteiger partial charge is 0.130 e. The Bertz CT molecular complexity index is 326. The average Bonchev–Trinajstić information content (AvgIpc) is 2.50. The van der Waals surface area contributed by atoms with Crippen LogP contribution in [-0.4, -0.2) is 10.3 Å². The molecule has 0 amide bonds. The van der Waals surface area contributed by atoms with Crippen LogP contribution in [0.5, 0.6) is 0 Å². The highest BCUT2D eigenvalue weighted by Crippen LogP contribution is 2.12. The van der Waals surface area contributed by atoms with Crippen molar-refractivity contribution in [2.75, 3.05) is 5.75 Å². The number of benzene rings is 1. The van der Waals surface area contributed by atoms with Crippen LogP contribution in [0.4, 0.5) is 0 Å². The maximum Gasteiger partial charge on any atom is 0.130 e. The Kier molecular flexibility index (Phi) is 11.7. The van der Waals surface area contributed by atoms with Gasteiger partial charge in [-0.05, 0) is 24.0 Å². The molecule has 0 aliphatic rings. The lowest BCUT2D eigenvalue weighted by atomic mass is 10.1. The zero-order valence-corrected chi connectivity index (χ0v) is 14.5. The van der Waals surface area contributed by atoms with Crippen molar-refractivity contribution in [1.29, 1.82) is 0 Å². The van der Waals surface area contributed by atoms with Crippen LogP contribution in [0.25, 0.3) is 0 Å². The number of unbranched alkanes of at least 4 members (excludes halogenated alkanes) is 9. The Balaban J connectivity index is 1.87. The van der Waals surface area contributed by atoms with E-state index in [0.29, 0.717) is 0 Å². The van der Waals surface area contributed by atoms with Crippen LogP contribution in [0.1, 0.15) is 76.7 Å². The van der Waals surface area contributed by atoms with E-state index in [9.17, 15) is 4.55 Å². The molecule has 0 heterocycles. The molecule has 1 aromatic rings. The number of hydrogen-bond donors (Lipinski definition) is 0. The standard InChI is InChI=1S/C19H32OS/c1-2-3-4-5-6-7-8-9-10-14-17-21(20)18-19-15-12-11-13-16-19/h11-13,15-16H,2-10,14,17-18H2,1H3. The van der Waals surface area contributed by atoms with Crippen LogP contribution in [0.2, 0.25) is 0 Å². The minimum atomic E-state index is -0.684. The molecule has 1 rings (SSSR count). The number of rotatable bonds is 13. The van der Waals surface area contributed by atoms with Crippen LogP contribution in [0, 0.1) is 0 Å². The van der Waals surface area contributed by atoms with E-state index in [1.165, 1.54) is 63.4 Å². The Hall–Kier alpha value is -0.470. The minimum Gasteiger partial charge on any atom is -0.616 e. The molecule has 0 saturated heterocycles. The van der Waals surface area contributed by atoms with E-state index in [0.717, 1.165) is 17.9 Å². The molecule has 1 unspecified atom stereocenters. The van der Waals surface area contributed by atoms with Gasteiger partial charge in [0.05, 0.1) is 0 Å². The molecule has 0 fully saturated rings. The fraction of sp³-hybridized carbons (Fsp3) is 0.684. The zero-order chi connectivity index (χ0) is 15.2. The number of hydrogen-bond acceptors (Lipinski definition) is 1. The first-order chi connectivity index (χ1) is 10.3. The highest BCUT2D eigenvalue weighted by molar-refractivity contribution is 7.90. The molecule has 0 N–H and O–H groups in total. The summed E-state index contributed by atoms with van der Waals surface area (Å²) in [7, 11) is 0. The van der Waals surface area contributed by atoms with E-state index in [2.05, 4.69) is 19.1 Å². The van der Waals surface area contributed by atoms with Gasteiger partial charge in [0.1, 0.15) is 11.5 Å². The summed E-state index contributed by atoms with van der Waals surface area (Å²) in [5, 5.41) is 0. The van der Waals surface area contributed by atoms with Crippen molar-refractivity contribution in [1.82, 2.24) is 0 Å². The normalized spacial score (nSPS) is 12.5. The summed E-state index contributed by atoms with van der Waals surface area (Å²) in [5.74, 6) is 1.59. The van der Waals surface area contributed by atoms with Gasteiger partial charge in [0.2, 0.25) is 0 Å². The van der Waals surface area contributed by atoms with E-state index in [4.69, 9.17) is 0 Å². The predicted octanol–water partition coefficient (Wildman–Crippen LogP) is 5.86. The van der Waals surface area contributed by atoms with Gasteiger partial charge < -0.3 is 4.55 Å². The molecular formula is C19H32OS. The van der Waals surface area contributed by atoms with Crippen LogP contribution in [0.3, 0.4) is 0 Å². The van der Waals surface area contributed by atoms with Crippen LogP contribution >= 0.6 is 0 Å². The molecule has 1 aromatic carbocycles. The summed E-state index contributed by atoms with van der Waals surface area (Å²) >= 11 is -0.684. The molecular weight excluding hydrogens is 276 g/mol. The molecule has 0 radical (unpaired) electrons. The molecule has 0 bridgehead atoms. The predicted molar refractivity (Wildman–Crippen MR) is 95.0 cm³/mol. The topological polar surface area (TPSA) is 23.1 Å². The summed E-state index contributed by atoms with van der Waals surface area (Å²) < 4.78 is 12.0. The third-order valence-corrected chi connectivity index (χ3v) is 5.30. The molecule has 0 aliphatic carbocycles. The SMILES string of the molecule is CCCCCCCCCCCC[S+]([O-])Cc1ccccc1. The Morgan fingerprint density at radius 2 is 1.29 bits per heavy atom. The van der Waals surface area contributed by atoms with Gasteiger partial charge in [0.15, 0.2) is 0 Å². The maximum absolute atomic E-state index is 12.0. The van der Waals surface area contributed by atoms with Gasteiger partial charge in [-0.1, -0.05) is 88.6 Å². The van der Waals surface area contributed by atoms with Crippen molar-refractivity contribution < 1.29 is 4.55 Å². The lowest BCUT2D eigenvalue weighted by Crippen LogP contribution is -2.09. The second kappa shape index (κ2) is 13.2. The fourth-order valence-corrected chi connectivity index (χ4v) is 3.82. The largest absolute Gasteiger partial charge is 0.616 e. The summed E-state index contributed by atoms with van der Waals surface area (Å²) in [6, 6.07) is 10.2. The quantitative estimate of drug-likeness (QED) is 0.331. The highest BCUT2D eigenvalue weighted by Gasteiger charge is 2.06. The lowest BCUT2D eigenvalue weighted by molar-refractivity contribution is 0.557. The van der Waals surface area contributed by atoms with Gasteiger partial charge in [-0.3, -0.25) is 0 Å². The van der Waals surface area contributed by atoms with Crippen molar-refractivity contribution >= 4 is 11.2 Å². The van der Waals surface area contributed by atoms with Crippen molar-refractivity contribution in [3.8, 4) is 0 Å². The summed E-state index contributed by atoms with van der Waals surface area (Å²) in [5.41, 5.74) is 1.20. The third-order valence-electron chi connectivity index (χ3n) is 3.90. The first kappa shape index (κ1) is 18.6. The van der Waals surface area contributed by atoms with Crippen LogP contribution < -0.4 is 0 Å². The Morgan fingerprint density at radius 1 is 0.762 bits per heavy atom. The minimum absolute atomic E-state index is 0.684. The van der Waals surface area contributed by atoms with Crippen molar-refractivity contribution in [3.63, 3.8) is 0 Å². The second-order valence-electron chi connectivity index (χ2n) is 5.96. The molecule has 1 nitrogen and oxygen atoms in total. The van der Waals surface area contributed by atoms with Crippen molar-refractivity contribution in [2.45, 2.75) is 76.9 Å². The first-order valence-corrected chi connectivity index (χ1v) is 10.2. The van der Waals surface area contributed by atoms with Gasteiger partial charge >= 0.3 is 0 Å².